The maximum Gasteiger partial charge on any atom is 0.326 e. The van der Waals surface area contributed by atoms with Gasteiger partial charge in [-0.25, -0.2) is 9.78 Å². The Balaban J connectivity index is 3.03. The van der Waals surface area contributed by atoms with Crippen LogP contribution in [-0.2, 0) is 35.2 Å². The van der Waals surface area contributed by atoms with E-state index in [1.54, 1.807) is 6.26 Å². The van der Waals surface area contributed by atoms with Gasteiger partial charge in [0, 0.05) is 24.7 Å². The molecule has 1 aromatic heterocycles. The van der Waals surface area contributed by atoms with Crippen molar-refractivity contribution in [1.29, 1.82) is 0 Å². The van der Waals surface area contributed by atoms with Crippen molar-refractivity contribution in [3.63, 3.8) is 0 Å². The van der Waals surface area contributed by atoms with Crippen LogP contribution in [0.2, 0.25) is 0 Å². The first-order chi connectivity index (χ1) is 16.9. The number of rotatable bonds is 17. The Kier molecular flexibility index (Phi) is 13.0. The molecular formula is C20H32N8O7S. The predicted molar refractivity (Wildman–Crippen MR) is 129 cm³/mol. The lowest BCUT2D eigenvalue weighted by Gasteiger charge is -2.24. The summed E-state index contributed by atoms with van der Waals surface area (Å²) in [4.78, 5) is 78.9. The van der Waals surface area contributed by atoms with E-state index >= 15 is 0 Å². The summed E-state index contributed by atoms with van der Waals surface area (Å²) < 4.78 is 0. The summed E-state index contributed by atoms with van der Waals surface area (Å²) in [6, 6.07) is -5.17. The zero-order valence-electron chi connectivity index (χ0n) is 19.7. The Morgan fingerprint density at radius 3 is 2.11 bits per heavy atom. The molecule has 0 aliphatic heterocycles. The summed E-state index contributed by atoms with van der Waals surface area (Å²) in [5.74, 6) is -4.96. The number of nitrogens with zero attached hydrogens (tertiary/aromatic N) is 1. The Hall–Kier alpha value is -3.66. The van der Waals surface area contributed by atoms with Gasteiger partial charge in [0.2, 0.25) is 29.5 Å². The van der Waals surface area contributed by atoms with Gasteiger partial charge in [-0.3, -0.25) is 24.0 Å². The third kappa shape index (κ3) is 11.2. The number of carboxylic acids is 1. The maximum absolute atomic E-state index is 13.1. The van der Waals surface area contributed by atoms with Crippen LogP contribution in [0.1, 0.15) is 31.4 Å². The highest BCUT2D eigenvalue weighted by molar-refractivity contribution is 7.98. The maximum atomic E-state index is 13.1. The van der Waals surface area contributed by atoms with E-state index in [1.807, 2.05) is 0 Å². The van der Waals surface area contributed by atoms with E-state index in [1.165, 1.54) is 24.3 Å². The topological polar surface area (TPSA) is 265 Å². The van der Waals surface area contributed by atoms with Crippen molar-refractivity contribution in [2.75, 3.05) is 12.0 Å². The minimum atomic E-state index is -1.50. The summed E-state index contributed by atoms with van der Waals surface area (Å²) in [5.41, 5.74) is 16.5. The first-order valence-electron chi connectivity index (χ1n) is 10.9. The highest BCUT2D eigenvalue weighted by Gasteiger charge is 2.31. The van der Waals surface area contributed by atoms with Gasteiger partial charge in [-0.15, -0.1) is 0 Å². The summed E-state index contributed by atoms with van der Waals surface area (Å²) in [7, 11) is 0. The fourth-order valence-corrected chi connectivity index (χ4v) is 3.45. The summed E-state index contributed by atoms with van der Waals surface area (Å²) in [5, 5.41) is 16.4. The largest absolute Gasteiger partial charge is 0.480 e. The van der Waals surface area contributed by atoms with Gasteiger partial charge < -0.3 is 43.2 Å². The summed E-state index contributed by atoms with van der Waals surface area (Å²) in [6.07, 6.45) is 3.75. The van der Waals surface area contributed by atoms with Gasteiger partial charge in [0.15, 0.2) is 0 Å². The van der Waals surface area contributed by atoms with Crippen LogP contribution in [0.5, 0.6) is 0 Å². The standard InChI is InChI=1S/C20H32N8O7S/c1-36-5-4-12(20(34)35)26-19(33)14(7-16(23)30)28-18(32)13(6-10-8-24-9-25-10)27-17(31)11(21)2-3-15(22)29/h8-9,11-14H,2-7,21H2,1H3,(H2,22,29)(H2,23,30)(H,24,25)(H,26,33)(H,27,31)(H,28,32)(H,34,35). The van der Waals surface area contributed by atoms with Gasteiger partial charge in [0.1, 0.15) is 18.1 Å². The number of thioether (sulfide) groups is 1. The normalized spacial score (nSPS) is 14.1. The average Bonchev–Trinajstić information content (AvgIpc) is 3.31. The van der Waals surface area contributed by atoms with E-state index in [9.17, 15) is 33.9 Å². The molecule has 4 unspecified atom stereocenters. The van der Waals surface area contributed by atoms with Gasteiger partial charge in [-0.05, 0) is 24.9 Å². The molecule has 1 heterocycles. The molecule has 0 fully saturated rings. The molecule has 1 aromatic rings. The van der Waals surface area contributed by atoms with Crippen molar-refractivity contribution < 1.29 is 33.9 Å². The number of amides is 5. The second-order valence-corrected chi connectivity index (χ2v) is 8.85. The molecule has 1 rings (SSSR count). The van der Waals surface area contributed by atoms with Crippen molar-refractivity contribution >= 4 is 47.3 Å². The van der Waals surface area contributed by atoms with E-state index in [2.05, 4.69) is 25.9 Å². The molecule has 0 radical (unpaired) electrons. The molecule has 0 saturated carbocycles. The van der Waals surface area contributed by atoms with E-state index in [-0.39, 0.29) is 25.7 Å². The second kappa shape index (κ2) is 15.4. The Labute approximate surface area is 211 Å². The molecule has 0 aromatic carbocycles. The van der Waals surface area contributed by atoms with Crippen molar-refractivity contribution in [2.24, 2.45) is 17.2 Å². The van der Waals surface area contributed by atoms with Crippen LogP contribution in [0.25, 0.3) is 0 Å². The Morgan fingerprint density at radius 2 is 1.58 bits per heavy atom. The number of imidazole rings is 1. The number of H-pyrrole nitrogens is 1. The van der Waals surface area contributed by atoms with Crippen LogP contribution in [0.15, 0.2) is 12.5 Å². The molecule has 0 bridgehead atoms. The molecule has 0 aliphatic carbocycles. The molecule has 200 valence electrons. The number of aromatic amines is 1. The Morgan fingerprint density at radius 1 is 0.972 bits per heavy atom. The average molecular weight is 529 g/mol. The quantitative estimate of drug-likeness (QED) is 0.0998. The fraction of sp³-hybridized carbons (Fsp3) is 0.550. The first kappa shape index (κ1) is 30.4. The summed E-state index contributed by atoms with van der Waals surface area (Å²) >= 11 is 1.38. The van der Waals surface area contributed by atoms with Crippen LogP contribution >= 0.6 is 11.8 Å². The number of carbonyl (C=O) groups is 6. The van der Waals surface area contributed by atoms with Crippen molar-refractivity contribution in [1.82, 2.24) is 25.9 Å². The van der Waals surface area contributed by atoms with Gasteiger partial charge in [-0.2, -0.15) is 11.8 Å². The van der Waals surface area contributed by atoms with Gasteiger partial charge in [0.25, 0.3) is 0 Å². The number of primary amides is 2. The van der Waals surface area contributed by atoms with Crippen LogP contribution in [0.4, 0.5) is 0 Å². The molecule has 16 heteroatoms. The zero-order chi connectivity index (χ0) is 27.3. The van der Waals surface area contributed by atoms with Crippen LogP contribution < -0.4 is 33.2 Å². The minimum absolute atomic E-state index is 0.0567. The van der Waals surface area contributed by atoms with Crippen LogP contribution in [-0.4, -0.2) is 86.8 Å². The fourth-order valence-electron chi connectivity index (χ4n) is 2.98. The number of aliphatic carboxylic acids is 1. The van der Waals surface area contributed by atoms with Crippen molar-refractivity contribution in [3.05, 3.63) is 18.2 Å². The van der Waals surface area contributed by atoms with E-state index < -0.39 is 66.1 Å². The van der Waals surface area contributed by atoms with Gasteiger partial charge >= 0.3 is 5.97 Å². The SMILES string of the molecule is CSCCC(NC(=O)C(CC(N)=O)NC(=O)C(Cc1cnc[nH]1)NC(=O)C(N)CCC(N)=O)C(=O)O. The Bertz CT molecular complexity index is 927. The van der Waals surface area contributed by atoms with Crippen LogP contribution in [0.3, 0.4) is 0 Å². The molecule has 15 nitrogen and oxygen atoms in total. The smallest absolute Gasteiger partial charge is 0.326 e. The minimum Gasteiger partial charge on any atom is -0.480 e. The number of nitrogens with one attached hydrogen (secondary N) is 4. The van der Waals surface area contributed by atoms with Gasteiger partial charge in [-0.1, -0.05) is 0 Å². The molecule has 36 heavy (non-hydrogen) atoms. The molecule has 4 atom stereocenters. The third-order valence-corrected chi connectivity index (χ3v) is 5.56. The first-order valence-corrected chi connectivity index (χ1v) is 12.3. The molecular weight excluding hydrogens is 496 g/mol. The molecule has 0 spiro atoms. The lowest BCUT2D eigenvalue weighted by Crippen LogP contribution is -2.58. The summed E-state index contributed by atoms with van der Waals surface area (Å²) in [6.45, 7) is 0. The number of aromatic nitrogens is 2. The van der Waals surface area contributed by atoms with E-state index in [4.69, 9.17) is 17.2 Å². The number of hydrogen-bond donors (Lipinski definition) is 8. The van der Waals surface area contributed by atoms with Crippen molar-refractivity contribution in [2.45, 2.75) is 56.3 Å². The zero-order valence-corrected chi connectivity index (χ0v) is 20.5. The van der Waals surface area contributed by atoms with Crippen molar-refractivity contribution in [3.8, 4) is 0 Å². The lowest BCUT2D eigenvalue weighted by atomic mass is 10.1. The lowest BCUT2D eigenvalue weighted by molar-refractivity contribution is -0.142. The highest BCUT2D eigenvalue weighted by Crippen LogP contribution is 2.05. The molecule has 0 aliphatic rings. The third-order valence-electron chi connectivity index (χ3n) is 4.91. The second-order valence-electron chi connectivity index (χ2n) is 7.87. The number of nitrogens with two attached hydrogens (primary N) is 3. The molecule has 11 N–H and O–H groups in total. The van der Waals surface area contributed by atoms with Gasteiger partial charge in [0.05, 0.1) is 18.8 Å². The van der Waals surface area contributed by atoms with E-state index in [0.717, 1.165) is 0 Å². The number of carbonyl (C=O) groups excluding carboxylic acids is 5. The highest BCUT2D eigenvalue weighted by atomic mass is 32.2. The monoisotopic (exact) mass is 528 g/mol. The number of carboxylic acid groups (broad SMARTS) is 1. The number of hydrogen-bond acceptors (Lipinski definition) is 9. The molecule has 5 amide bonds. The van der Waals surface area contributed by atoms with E-state index in [0.29, 0.717) is 11.4 Å². The predicted octanol–water partition coefficient (Wildman–Crippen LogP) is -3.29. The molecule has 0 saturated heterocycles. The van der Waals surface area contributed by atoms with Crippen LogP contribution in [0, 0.1) is 0 Å².